The minimum Gasteiger partial charge on any atom is -0.384 e. The second-order valence-electron chi connectivity index (χ2n) is 5.20. The Balaban J connectivity index is 1.76. The predicted octanol–water partition coefficient (Wildman–Crippen LogP) is 2.62. The lowest BCUT2D eigenvalue weighted by atomic mass is 10.1. The van der Waals surface area contributed by atoms with E-state index in [1.165, 1.54) is 5.56 Å². The molecular formula is C15H20N2OS. The summed E-state index contributed by atoms with van der Waals surface area (Å²) in [6.07, 6.45) is 2.21. The van der Waals surface area contributed by atoms with Gasteiger partial charge in [-0.25, -0.2) is 0 Å². The van der Waals surface area contributed by atoms with Crippen LogP contribution in [0.4, 0.5) is 5.69 Å². The number of thioether (sulfide) groups is 1. The average Bonchev–Trinajstić information content (AvgIpc) is 2.94. The van der Waals surface area contributed by atoms with Crippen molar-refractivity contribution < 1.29 is 4.79 Å². The number of hydrogen-bond acceptors (Lipinski definition) is 3. The molecule has 1 unspecified atom stereocenters. The fourth-order valence-electron chi connectivity index (χ4n) is 2.76. The Morgan fingerprint density at radius 1 is 1.53 bits per heavy atom. The summed E-state index contributed by atoms with van der Waals surface area (Å²) in [5, 5.41) is 3.95. The molecule has 4 heteroatoms. The van der Waals surface area contributed by atoms with Crippen molar-refractivity contribution in [2.75, 3.05) is 30.7 Å². The highest BCUT2D eigenvalue weighted by molar-refractivity contribution is 8.00. The van der Waals surface area contributed by atoms with Crippen LogP contribution in [0.1, 0.15) is 29.3 Å². The minimum atomic E-state index is 0.190. The zero-order valence-electron chi connectivity index (χ0n) is 11.3. The van der Waals surface area contributed by atoms with Gasteiger partial charge in [0.25, 0.3) is 5.91 Å². The SMILES string of the molecule is CCC1CN(C(=O)c2ccc3c(c2)NCC3)CCS1. The van der Waals surface area contributed by atoms with Crippen molar-refractivity contribution in [1.29, 1.82) is 0 Å². The summed E-state index contributed by atoms with van der Waals surface area (Å²) in [6, 6.07) is 6.10. The van der Waals surface area contributed by atoms with Gasteiger partial charge in [0.15, 0.2) is 0 Å². The quantitative estimate of drug-likeness (QED) is 0.901. The molecular weight excluding hydrogens is 256 g/mol. The zero-order chi connectivity index (χ0) is 13.2. The first kappa shape index (κ1) is 12.9. The Hall–Kier alpha value is -1.16. The molecule has 0 aromatic heterocycles. The molecule has 1 amide bonds. The first-order valence-corrected chi connectivity index (χ1v) is 8.10. The van der Waals surface area contributed by atoms with E-state index in [1.807, 2.05) is 28.8 Å². The molecule has 1 fully saturated rings. The number of nitrogens with zero attached hydrogens (tertiary/aromatic N) is 1. The van der Waals surface area contributed by atoms with Crippen molar-refractivity contribution in [3.63, 3.8) is 0 Å². The van der Waals surface area contributed by atoms with Gasteiger partial charge in [-0.15, -0.1) is 0 Å². The van der Waals surface area contributed by atoms with E-state index in [2.05, 4.69) is 18.3 Å². The van der Waals surface area contributed by atoms with Crippen LogP contribution in [0.3, 0.4) is 0 Å². The van der Waals surface area contributed by atoms with Crippen molar-refractivity contribution in [2.45, 2.75) is 25.0 Å². The molecule has 2 aliphatic rings. The molecule has 3 rings (SSSR count). The van der Waals surface area contributed by atoms with E-state index in [0.29, 0.717) is 5.25 Å². The molecule has 1 saturated heterocycles. The van der Waals surface area contributed by atoms with E-state index in [9.17, 15) is 4.79 Å². The summed E-state index contributed by atoms with van der Waals surface area (Å²) in [4.78, 5) is 14.6. The van der Waals surface area contributed by atoms with E-state index in [1.54, 1.807) is 0 Å². The van der Waals surface area contributed by atoms with Gasteiger partial charge >= 0.3 is 0 Å². The number of benzene rings is 1. The molecule has 1 atom stereocenters. The van der Waals surface area contributed by atoms with E-state index in [4.69, 9.17) is 0 Å². The van der Waals surface area contributed by atoms with Crippen molar-refractivity contribution in [3.8, 4) is 0 Å². The second-order valence-corrected chi connectivity index (χ2v) is 6.61. The number of nitrogens with one attached hydrogen (secondary N) is 1. The third-order valence-corrected chi connectivity index (χ3v) is 5.32. The van der Waals surface area contributed by atoms with E-state index < -0.39 is 0 Å². The van der Waals surface area contributed by atoms with Crippen LogP contribution >= 0.6 is 11.8 Å². The fourth-order valence-corrected chi connectivity index (χ4v) is 3.94. The Bertz CT molecular complexity index is 489. The number of rotatable bonds is 2. The lowest BCUT2D eigenvalue weighted by Gasteiger charge is -2.32. The van der Waals surface area contributed by atoms with Gasteiger partial charge in [0.2, 0.25) is 0 Å². The number of amides is 1. The van der Waals surface area contributed by atoms with Gasteiger partial charge in [0.1, 0.15) is 0 Å². The normalized spacial score (nSPS) is 21.9. The summed E-state index contributed by atoms with van der Waals surface area (Å²) < 4.78 is 0. The van der Waals surface area contributed by atoms with Crippen LogP contribution in [0.2, 0.25) is 0 Å². The summed E-state index contributed by atoms with van der Waals surface area (Å²) in [5.41, 5.74) is 3.30. The number of anilines is 1. The molecule has 2 aliphatic heterocycles. The summed E-state index contributed by atoms with van der Waals surface area (Å²) >= 11 is 1.99. The van der Waals surface area contributed by atoms with Crippen LogP contribution in [-0.4, -0.2) is 41.4 Å². The average molecular weight is 276 g/mol. The molecule has 1 N–H and O–H groups in total. The maximum Gasteiger partial charge on any atom is 0.253 e. The number of carbonyl (C=O) groups excluding carboxylic acids is 1. The van der Waals surface area contributed by atoms with Crippen molar-refractivity contribution in [2.24, 2.45) is 0 Å². The third-order valence-electron chi connectivity index (χ3n) is 3.95. The molecule has 3 nitrogen and oxygen atoms in total. The molecule has 0 spiro atoms. The third kappa shape index (κ3) is 2.59. The zero-order valence-corrected chi connectivity index (χ0v) is 12.1. The Labute approximate surface area is 118 Å². The molecule has 1 aromatic carbocycles. The number of carbonyl (C=O) groups is 1. The van der Waals surface area contributed by atoms with Crippen LogP contribution < -0.4 is 5.32 Å². The monoisotopic (exact) mass is 276 g/mol. The fraction of sp³-hybridized carbons (Fsp3) is 0.533. The van der Waals surface area contributed by atoms with E-state index in [-0.39, 0.29) is 5.91 Å². The summed E-state index contributed by atoms with van der Waals surface area (Å²) in [5.74, 6) is 1.25. The molecule has 0 saturated carbocycles. The van der Waals surface area contributed by atoms with Gasteiger partial charge in [0, 0.05) is 41.9 Å². The summed E-state index contributed by atoms with van der Waals surface area (Å²) in [7, 11) is 0. The Kier molecular flexibility index (Phi) is 3.69. The standard InChI is InChI=1S/C15H20N2OS/c1-2-13-10-17(7-8-19-13)15(18)12-4-3-11-5-6-16-14(11)9-12/h3-4,9,13,16H,2,5-8,10H2,1H3. The molecule has 19 heavy (non-hydrogen) atoms. The molecule has 0 bridgehead atoms. The van der Waals surface area contributed by atoms with Gasteiger partial charge in [-0.05, 0) is 30.5 Å². The number of hydrogen-bond donors (Lipinski definition) is 1. The van der Waals surface area contributed by atoms with Crippen molar-refractivity contribution >= 4 is 23.4 Å². The molecule has 0 aliphatic carbocycles. The lowest BCUT2D eigenvalue weighted by molar-refractivity contribution is 0.0761. The molecule has 2 heterocycles. The van der Waals surface area contributed by atoms with Gasteiger partial charge in [-0.2, -0.15) is 11.8 Å². The van der Waals surface area contributed by atoms with Gasteiger partial charge in [-0.3, -0.25) is 4.79 Å². The molecule has 102 valence electrons. The highest BCUT2D eigenvalue weighted by Crippen LogP contribution is 2.26. The van der Waals surface area contributed by atoms with Crippen molar-refractivity contribution in [3.05, 3.63) is 29.3 Å². The maximum absolute atomic E-state index is 12.5. The van der Waals surface area contributed by atoms with Crippen LogP contribution in [0.15, 0.2) is 18.2 Å². The topological polar surface area (TPSA) is 32.3 Å². The van der Waals surface area contributed by atoms with E-state index in [0.717, 1.165) is 49.5 Å². The largest absolute Gasteiger partial charge is 0.384 e. The Morgan fingerprint density at radius 2 is 2.42 bits per heavy atom. The smallest absolute Gasteiger partial charge is 0.253 e. The minimum absolute atomic E-state index is 0.190. The van der Waals surface area contributed by atoms with Gasteiger partial charge < -0.3 is 10.2 Å². The van der Waals surface area contributed by atoms with Gasteiger partial charge in [-0.1, -0.05) is 13.0 Å². The second kappa shape index (κ2) is 5.45. The van der Waals surface area contributed by atoms with Crippen LogP contribution in [-0.2, 0) is 6.42 Å². The lowest BCUT2D eigenvalue weighted by Crippen LogP contribution is -2.41. The molecule has 0 radical (unpaired) electrons. The maximum atomic E-state index is 12.5. The summed E-state index contributed by atoms with van der Waals surface area (Å²) in [6.45, 7) is 4.96. The van der Waals surface area contributed by atoms with Crippen LogP contribution in [0.25, 0.3) is 0 Å². The van der Waals surface area contributed by atoms with Crippen LogP contribution in [0.5, 0.6) is 0 Å². The highest BCUT2D eigenvalue weighted by Gasteiger charge is 2.24. The van der Waals surface area contributed by atoms with Gasteiger partial charge in [0.05, 0.1) is 0 Å². The van der Waals surface area contributed by atoms with Crippen LogP contribution in [0, 0.1) is 0 Å². The number of fused-ring (bicyclic) bond motifs is 1. The molecule has 1 aromatic rings. The van der Waals surface area contributed by atoms with Crippen molar-refractivity contribution in [1.82, 2.24) is 4.90 Å². The predicted molar refractivity (Wildman–Crippen MR) is 81.1 cm³/mol. The highest BCUT2D eigenvalue weighted by atomic mass is 32.2. The van der Waals surface area contributed by atoms with E-state index >= 15 is 0 Å². The Morgan fingerprint density at radius 3 is 3.26 bits per heavy atom. The first-order chi connectivity index (χ1) is 9.28. The first-order valence-electron chi connectivity index (χ1n) is 7.05.